The second-order valence-corrected chi connectivity index (χ2v) is 12.3. The van der Waals surface area contributed by atoms with Crippen molar-refractivity contribution >= 4 is 39.9 Å². The highest BCUT2D eigenvalue weighted by molar-refractivity contribution is 6.30. The molecular formula is C34H37ClN4O4. The van der Waals surface area contributed by atoms with Crippen molar-refractivity contribution < 1.29 is 19.4 Å². The SMILES string of the molecule is COC(=O)c1ccc(N2CCN(CC3=C(c4ccc(Cl)cc4)CC[C@@](C)(CO)C3)CC2)cc1Oc1cnc2[nH]ccc2c1. The Morgan fingerprint density at radius 2 is 1.88 bits per heavy atom. The molecule has 9 heteroatoms. The van der Waals surface area contributed by atoms with Crippen LogP contribution in [0.15, 0.2) is 72.6 Å². The largest absolute Gasteiger partial charge is 0.465 e. The Balaban J connectivity index is 1.18. The number of carbonyl (C=O) groups excluding carboxylic acids is 1. The molecule has 0 bridgehead atoms. The number of piperazine rings is 1. The van der Waals surface area contributed by atoms with Gasteiger partial charge in [-0.25, -0.2) is 9.78 Å². The number of anilines is 1. The van der Waals surface area contributed by atoms with Crippen LogP contribution in [-0.2, 0) is 4.74 Å². The van der Waals surface area contributed by atoms with Crippen LogP contribution in [0.1, 0.15) is 42.1 Å². The number of halogens is 1. The Morgan fingerprint density at radius 1 is 1.09 bits per heavy atom. The number of methoxy groups -OCH3 is 1. The van der Waals surface area contributed by atoms with Crippen LogP contribution < -0.4 is 9.64 Å². The molecule has 224 valence electrons. The van der Waals surface area contributed by atoms with Gasteiger partial charge < -0.3 is 24.5 Å². The molecule has 3 heterocycles. The van der Waals surface area contributed by atoms with Gasteiger partial charge >= 0.3 is 5.97 Å². The van der Waals surface area contributed by atoms with E-state index in [1.165, 1.54) is 23.8 Å². The highest BCUT2D eigenvalue weighted by Gasteiger charge is 2.32. The van der Waals surface area contributed by atoms with Gasteiger partial charge in [0.25, 0.3) is 0 Å². The summed E-state index contributed by atoms with van der Waals surface area (Å²) in [6.45, 7) is 6.74. The highest BCUT2D eigenvalue weighted by atomic mass is 35.5. The van der Waals surface area contributed by atoms with Crippen molar-refractivity contribution in [1.29, 1.82) is 0 Å². The van der Waals surface area contributed by atoms with Gasteiger partial charge in [-0.3, -0.25) is 4.90 Å². The number of nitrogens with zero attached hydrogens (tertiary/aromatic N) is 3. The van der Waals surface area contributed by atoms with E-state index in [0.717, 1.165) is 73.7 Å². The Hall–Kier alpha value is -3.85. The third-order valence-electron chi connectivity index (χ3n) is 8.75. The molecule has 1 fully saturated rings. The van der Waals surface area contributed by atoms with Crippen LogP contribution in [0.25, 0.3) is 16.6 Å². The van der Waals surface area contributed by atoms with Gasteiger partial charge in [-0.2, -0.15) is 0 Å². The fourth-order valence-corrected chi connectivity index (χ4v) is 6.33. The Morgan fingerprint density at radius 3 is 2.63 bits per heavy atom. The molecule has 2 aromatic heterocycles. The molecule has 6 rings (SSSR count). The molecule has 1 aliphatic carbocycles. The van der Waals surface area contributed by atoms with E-state index in [1.807, 2.05) is 42.6 Å². The number of rotatable bonds is 8. The summed E-state index contributed by atoms with van der Waals surface area (Å²) in [5, 5.41) is 11.8. The van der Waals surface area contributed by atoms with Gasteiger partial charge in [-0.1, -0.05) is 36.2 Å². The van der Waals surface area contributed by atoms with E-state index in [-0.39, 0.29) is 12.0 Å². The normalized spacial score (nSPS) is 19.6. The van der Waals surface area contributed by atoms with Gasteiger partial charge in [0.2, 0.25) is 0 Å². The number of carbonyl (C=O) groups is 1. The number of nitrogens with one attached hydrogen (secondary N) is 1. The average Bonchev–Trinajstić information content (AvgIpc) is 3.50. The van der Waals surface area contributed by atoms with Crippen LogP contribution in [0.4, 0.5) is 5.69 Å². The van der Waals surface area contributed by atoms with E-state index in [4.69, 9.17) is 21.1 Å². The smallest absolute Gasteiger partial charge is 0.341 e. The minimum absolute atomic E-state index is 0.0913. The second kappa shape index (κ2) is 12.4. The zero-order valence-corrected chi connectivity index (χ0v) is 25.4. The number of fused-ring (bicyclic) bond motifs is 1. The lowest BCUT2D eigenvalue weighted by molar-refractivity contribution is 0.0598. The third kappa shape index (κ3) is 6.42. The number of aromatic amines is 1. The number of benzene rings is 2. The summed E-state index contributed by atoms with van der Waals surface area (Å²) in [6, 6.07) is 17.6. The van der Waals surface area contributed by atoms with Crippen LogP contribution in [0.3, 0.4) is 0 Å². The van der Waals surface area contributed by atoms with Crippen molar-refractivity contribution in [3.63, 3.8) is 0 Å². The summed E-state index contributed by atoms with van der Waals surface area (Å²) in [4.78, 5) is 24.9. The molecule has 4 aromatic rings. The number of hydrogen-bond donors (Lipinski definition) is 2. The van der Waals surface area contributed by atoms with Crippen LogP contribution in [0.2, 0.25) is 5.02 Å². The van der Waals surface area contributed by atoms with Crippen molar-refractivity contribution in [3.05, 3.63) is 88.7 Å². The molecule has 2 N–H and O–H groups in total. The number of ether oxygens (including phenoxy) is 2. The summed E-state index contributed by atoms with van der Waals surface area (Å²) in [5.74, 6) is 0.534. The van der Waals surface area contributed by atoms with Gasteiger partial charge in [0, 0.05) is 67.7 Å². The Bertz CT molecular complexity index is 1640. The summed E-state index contributed by atoms with van der Waals surface area (Å²) in [6.07, 6.45) is 6.29. The minimum Gasteiger partial charge on any atom is -0.465 e. The first-order valence-corrected chi connectivity index (χ1v) is 15.1. The predicted molar refractivity (Wildman–Crippen MR) is 170 cm³/mol. The van der Waals surface area contributed by atoms with E-state index < -0.39 is 5.97 Å². The van der Waals surface area contributed by atoms with Crippen LogP contribution in [-0.4, -0.2) is 72.4 Å². The third-order valence-corrected chi connectivity index (χ3v) is 9.00. The van der Waals surface area contributed by atoms with Gasteiger partial charge in [-0.15, -0.1) is 0 Å². The minimum atomic E-state index is -0.450. The molecule has 1 atom stereocenters. The fourth-order valence-electron chi connectivity index (χ4n) is 6.21. The maximum Gasteiger partial charge on any atom is 0.341 e. The van der Waals surface area contributed by atoms with E-state index >= 15 is 0 Å². The number of H-pyrrole nitrogens is 1. The molecule has 0 saturated carbocycles. The van der Waals surface area contributed by atoms with E-state index in [2.05, 4.69) is 38.8 Å². The summed E-state index contributed by atoms with van der Waals surface area (Å²) < 4.78 is 11.2. The molecule has 1 saturated heterocycles. The summed E-state index contributed by atoms with van der Waals surface area (Å²) in [7, 11) is 1.37. The van der Waals surface area contributed by atoms with Crippen molar-refractivity contribution in [1.82, 2.24) is 14.9 Å². The number of allylic oxidation sites excluding steroid dienone is 1. The standard InChI is InChI=1S/C34H37ClN4O4/c1-34(22-40)11-9-29(23-3-5-26(35)6-4-23)25(19-34)21-38-13-15-39(16-14-38)27-7-8-30(33(41)42-2)31(18-27)43-28-17-24-10-12-36-32(24)37-20-28/h3-8,10,12,17-18,20,40H,9,11,13-16,19,21-22H2,1-2H3,(H,36,37)/t34-/m1/s1. The van der Waals surface area contributed by atoms with Gasteiger partial charge in [0.05, 0.1) is 13.3 Å². The Labute approximate surface area is 256 Å². The van der Waals surface area contributed by atoms with E-state index in [9.17, 15) is 9.90 Å². The van der Waals surface area contributed by atoms with Crippen LogP contribution in [0.5, 0.6) is 11.5 Å². The van der Waals surface area contributed by atoms with Gasteiger partial charge in [0.1, 0.15) is 22.7 Å². The molecule has 0 radical (unpaired) electrons. The number of aromatic nitrogens is 2. The first-order chi connectivity index (χ1) is 20.8. The molecule has 0 amide bonds. The lowest BCUT2D eigenvalue weighted by Gasteiger charge is -2.40. The van der Waals surface area contributed by atoms with Gasteiger partial charge in [-0.05, 0) is 72.2 Å². The molecule has 2 aliphatic rings. The summed E-state index contributed by atoms with van der Waals surface area (Å²) >= 11 is 6.18. The molecule has 43 heavy (non-hydrogen) atoms. The quantitative estimate of drug-likeness (QED) is 0.222. The molecule has 2 aromatic carbocycles. The van der Waals surface area contributed by atoms with Crippen molar-refractivity contribution in [3.8, 4) is 11.5 Å². The lowest BCUT2D eigenvalue weighted by atomic mass is 9.72. The molecule has 1 aliphatic heterocycles. The lowest BCUT2D eigenvalue weighted by Crippen LogP contribution is -2.47. The monoisotopic (exact) mass is 600 g/mol. The predicted octanol–water partition coefficient (Wildman–Crippen LogP) is 6.55. The Kier molecular flexibility index (Phi) is 8.43. The number of hydrogen-bond acceptors (Lipinski definition) is 7. The van der Waals surface area contributed by atoms with Crippen molar-refractivity contribution in [2.45, 2.75) is 26.2 Å². The zero-order chi connectivity index (χ0) is 30.0. The average molecular weight is 601 g/mol. The van der Waals surface area contributed by atoms with Crippen molar-refractivity contribution in [2.75, 3.05) is 51.3 Å². The highest BCUT2D eigenvalue weighted by Crippen LogP contribution is 2.43. The summed E-state index contributed by atoms with van der Waals surface area (Å²) in [5.41, 5.74) is 6.06. The second-order valence-electron chi connectivity index (χ2n) is 11.9. The number of aliphatic hydroxyl groups is 1. The zero-order valence-electron chi connectivity index (χ0n) is 24.6. The van der Waals surface area contributed by atoms with Crippen molar-refractivity contribution in [2.24, 2.45) is 5.41 Å². The number of aliphatic hydroxyl groups excluding tert-OH is 1. The molecular weight excluding hydrogens is 564 g/mol. The fraction of sp³-hybridized carbons (Fsp3) is 0.353. The molecule has 8 nitrogen and oxygen atoms in total. The maximum absolute atomic E-state index is 12.6. The molecule has 0 spiro atoms. The number of esters is 1. The van der Waals surface area contributed by atoms with Crippen LogP contribution in [0, 0.1) is 5.41 Å². The number of pyridine rings is 1. The maximum atomic E-state index is 12.6. The first kappa shape index (κ1) is 29.2. The van der Waals surface area contributed by atoms with Crippen LogP contribution >= 0.6 is 11.6 Å². The van der Waals surface area contributed by atoms with E-state index in [1.54, 1.807) is 12.3 Å². The topological polar surface area (TPSA) is 90.9 Å². The first-order valence-electron chi connectivity index (χ1n) is 14.7. The van der Waals surface area contributed by atoms with E-state index in [0.29, 0.717) is 17.1 Å². The van der Waals surface area contributed by atoms with Gasteiger partial charge in [0.15, 0.2) is 0 Å². The molecule has 0 unspecified atom stereocenters.